The van der Waals surface area contributed by atoms with E-state index in [1.807, 2.05) is 30.0 Å². The van der Waals surface area contributed by atoms with Gasteiger partial charge in [-0.2, -0.15) is 0 Å². The van der Waals surface area contributed by atoms with Crippen molar-refractivity contribution in [1.29, 1.82) is 0 Å². The number of rotatable bonds is 2. The van der Waals surface area contributed by atoms with Gasteiger partial charge in [-0.1, -0.05) is 60.3 Å². The first kappa shape index (κ1) is 14.5. The number of benzene rings is 2. The average molecular weight is 375 g/mol. The lowest BCUT2D eigenvalue weighted by Gasteiger charge is -2.25. The number of hydrogen-bond donors (Lipinski definition) is 1. The fourth-order valence-corrected chi connectivity index (χ4v) is 5.77. The Labute approximate surface area is 158 Å². The number of nitrogens with one attached hydrogen (secondary N) is 1. The average Bonchev–Trinajstić information content (AvgIpc) is 3.42. The molecule has 0 bridgehead atoms. The van der Waals surface area contributed by atoms with Gasteiger partial charge in [0.25, 0.3) is 0 Å². The Kier molecular flexibility index (Phi) is 3.03. The summed E-state index contributed by atoms with van der Waals surface area (Å²) in [5.41, 5.74) is 3.51. The number of aromatic amines is 1. The molecule has 5 nitrogen and oxygen atoms in total. The van der Waals surface area contributed by atoms with E-state index in [1.54, 1.807) is 11.8 Å². The van der Waals surface area contributed by atoms with Crippen molar-refractivity contribution in [1.82, 2.24) is 19.9 Å². The summed E-state index contributed by atoms with van der Waals surface area (Å²) in [6.45, 7) is 0. The summed E-state index contributed by atoms with van der Waals surface area (Å²) in [6, 6.07) is 18.7. The van der Waals surface area contributed by atoms with Gasteiger partial charge >= 0.3 is 0 Å². The Morgan fingerprint density at radius 2 is 1.81 bits per heavy atom. The molecule has 0 amide bonds. The highest BCUT2D eigenvalue weighted by atomic mass is 32.2. The molecule has 0 aliphatic carbocycles. The van der Waals surface area contributed by atoms with E-state index in [-0.39, 0.29) is 5.37 Å². The molecule has 1 N–H and O–H groups in total. The number of nitrogens with zero attached hydrogens (tertiary/aromatic N) is 4. The zero-order valence-electron chi connectivity index (χ0n) is 13.5. The first-order valence-electron chi connectivity index (χ1n) is 8.30. The number of fused-ring (bicyclic) bond motifs is 4. The molecule has 1 atom stereocenters. The van der Waals surface area contributed by atoms with Crippen LogP contribution in [0.15, 0.2) is 76.4 Å². The van der Waals surface area contributed by atoms with Gasteiger partial charge in [-0.25, -0.2) is 4.68 Å². The van der Waals surface area contributed by atoms with E-state index in [4.69, 9.17) is 0 Å². The monoisotopic (exact) mass is 375 g/mol. The minimum Gasteiger partial charge on any atom is -0.361 e. The zero-order chi connectivity index (χ0) is 17.1. The van der Waals surface area contributed by atoms with Gasteiger partial charge in [0.2, 0.25) is 5.16 Å². The van der Waals surface area contributed by atoms with Crippen molar-refractivity contribution < 1.29 is 0 Å². The van der Waals surface area contributed by atoms with Gasteiger partial charge < -0.3 is 4.98 Å². The summed E-state index contributed by atoms with van der Waals surface area (Å²) in [4.78, 5) is 3.40. The molecule has 0 fully saturated rings. The highest BCUT2D eigenvalue weighted by molar-refractivity contribution is 8.07. The fraction of sp³-hybridized carbons (Fsp3) is 0.0526. The molecular weight excluding hydrogens is 362 g/mol. The lowest BCUT2D eigenvalue weighted by molar-refractivity contribution is 0.641. The fourth-order valence-electron chi connectivity index (χ4n) is 3.51. The molecule has 26 heavy (non-hydrogen) atoms. The van der Waals surface area contributed by atoms with Crippen LogP contribution in [-0.4, -0.2) is 19.9 Å². The van der Waals surface area contributed by atoms with Crippen molar-refractivity contribution in [3.8, 4) is 11.4 Å². The van der Waals surface area contributed by atoms with Gasteiger partial charge in [0.15, 0.2) is 5.82 Å². The number of para-hydroxylation sites is 1. The number of thioether (sulfide) groups is 2. The van der Waals surface area contributed by atoms with E-state index in [2.05, 4.69) is 72.9 Å². The van der Waals surface area contributed by atoms with Crippen LogP contribution in [0.2, 0.25) is 0 Å². The van der Waals surface area contributed by atoms with Crippen molar-refractivity contribution in [2.45, 2.75) is 10.5 Å². The molecule has 2 aliphatic heterocycles. The zero-order valence-corrected chi connectivity index (χ0v) is 15.2. The van der Waals surface area contributed by atoms with Crippen LogP contribution in [0.3, 0.4) is 0 Å². The van der Waals surface area contributed by atoms with Gasteiger partial charge in [0, 0.05) is 33.6 Å². The largest absolute Gasteiger partial charge is 0.361 e. The van der Waals surface area contributed by atoms with Crippen molar-refractivity contribution in [3.05, 3.63) is 76.8 Å². The lowest BCUT2D eigenvalue weighted by atomic mass is 10.1. The van der Waals surface area contributed by atoms with E-state index in [1.165, 1.54) is 16.0 Å². The normalized spacial score (nSPS) is 18.2. The second-order valence-corrected chi connectivity index (χ2v) is 8.11. The van der Waals surface area contributed by atoms with E-state index < -0.39 is 0 Å². The van der Waals surface area contributed by atoms with Crippen molar-refractivity contribution >= 4 is 34.4 Å². The molecule has 4 aromatic rings. The third-order valence-corrected chi connectivity index (χ3v) is 6.86. The molecule has 4 heterocycles. The molecule has 126 valence electrons. The van der Waals surface area contributed by atoms with E-state index in [0.29, 0.717) is 0 Å². The lowest BCUT2D eigenvalue weighted by Crippen LogP contribution is -2.29. The van der Waals surface area contributed by atoms with Crippen LogP contribution in [0.25, 0.3) is 22.3 Å². The summed E-state index contributed by atoms with van der Waals surface area (Å²) in [7, 11) is 0. The Balaban J connectivity index is 1.50. The summed E-state index contributed by atoms with van der Waals surface area (Å²) in [5, 5.41) is 16.9. The maximum atomic E-state index is 4.45. The summed E-state index contributed by atoms with van der Waals surface area (Å²) in [5.74, 6) is 0.879. The van der Waals surface area contributed by atoms with Gasteiger partial charge in [-0.15, -0.1) is 10.2 Å². The van der Waals surface area contributed by atoms with Crippen molar-refractivity contribution in [2.75, 3.05) is 5.01 Å². The standard InChI is InChI=1S/C19H13N5S2/c1-2-6-12(7-3-1)17-21-22-19-24(17)23-16(26-19)11-25-18(23)14-10-20-15-9-5-4-8-13(14)15/h1-11,18,20H. The molecule has 2 aliphatic rings. The molecule has 1 unspecified atom stereocenters. The van der Waals surface area contributed by atoms with Crippen molar-refractivity contribution in [3.63, 3.8) is 0 Å². The minimum absolute atomic E-state index is 0.161. The number of H-pyrrole nitrogens is 1. The number of aromatic nitrogens is 4. The van der Waals surface area contributed by atoms with Crippen LogP contribution in [0.4, 0.5) is 0 Å². The Bertz CT molecular complexity index is 1160. The molecule has 0 radical (unpaired) electrons. The van der Waals surface area contributed by atoms with Gasteiger partial charge in [0.1, 0.15) is 10.4 Å². The molecule has 0 spiro atoms. The third kappa shape index (κ3) is 1.95. The van der Waals surface area contributed by atoms with Gasteiger partial charge in [-0.05, 0) is 17.8 Å². The van der Waals surface area contributed by atoms with Crippen LogP contribution in [0.5, 0.6) is 0 Å². The van der Waals surface area contributed by atoms with Crippen LogP contribution in [0, 0.1) is 0 Å². The quantitative estimate of drug-likeness (QED) is 0.550. The summed E-state index contributed by atoms with van der Waals surface area (Å²) in [6.07, 6.45) is 2.12. The Morgan fingerprint density at radius 1 is 0.962 bits per heavy atom. The minimum atomic E-state index is 0.161. The second-order valence-electron chi connectivity index (χ2n) is 6.16. The SMILES string of the molecule is C1=C2Sc3nnc(-c4ccccc4)n3N2C(c2c[nH]c3ccccc23)S1. The maximum Gasteiger partial charge on any atom is 0.217 e. The molecule has 6 rings (SSSR count). The van der Waals surface area contributed by atoms with Crippen LogP contribution < -0.4 is 5.01 Å². The molecule has 0 saturated carbocycles. The van der Waals surface area contributed by atoms with Crippen LogP contribution in [0.1, 0.15) is 10.9 Å². The predicted octanol–water partition coefficient (Wildman–Crippen LogP) is 4.71. The highest BCUT2D eigenvalue weighted by Crippen LogP contribution is 2.52. The summed E-state index contributed by atoms with van der Waals surface area (Å²) < 4.78 is 2.15. The first-order valence-corrected chi connectivity index (χ1v) is 10.1. The van der Waals surface area contributed by atoms with E-state index in [9.17, 15) is 0 Å². The molecule has 2 aromatic heterocycles. The molecule has 7 heteroatoms. The topological polar surface area (TPSA) is 49.7 Å². The molecule has 2 aromatic carbocycles. The number of hydrogen-bond acceptors (Lipinski definition) is 5. The van der Waals surface area contributed by atoms with Crippen molar-refractivity contribution in [2.24, 2.45) is 0 Å². The molecule has 0 saturated heterocycles. The van der Waals surface area contributed by atoms with Gasteiger partial charge in [0.05, 0.1) is 0 Å². The Hall–Kier alpha value is -2.64. The first-order chi connectivity index (χ1) is 12.9. The van der Waals surface area contributed by atoms with Crippen LogP contribution in [-0.2, 0) is 0 Å². The maximum absolute atomic E-state index is 4.45. The Morgan fingerprint density at radius 3 is 2.73 bits per heavy atom. The second kappa shape index (κ2) is 5.43. The van der Waals surface area contributed by atoms with E-state index >= 15 is 0 Å². The summed E-state index contributed by atoms with van der Waals surface area (Å²) >= 11 is 3.50. The van der Waals surface area contributed by atoms with Crippen LogP contribution >= 0.6 is 23.5 Å². The third-order valence-electron chi connectivity index (χ3n) is 4.69. The predicted molar refractivity (Wildman–Crippen MR) is 106 cm³/mol. The highest BCUT2D eigenvalue weighted by Gasteiger charge is 2.40. The van der Waals surface area contributed by atoms with E-state index in [0.717, 1.165) is 22.1 Å². The van der Waals surface area contributed by atoms with Gasteiger partial charge in [-0.3, -0.25) is 5.01 Å². The molecular formula is C19H13N5S2. The smallest absolute Gasteiger partial charge is 0.217 e.